The van der Waals surface area contributed by atoms with Gasteiger partial charge in [-0.25, -0.2) is 0 Å². The van der Waals surface area contributed by atoms with Crippen LogP contribution in [0.15, 0.2) is 36.4 Å². The fourth-order valence-corrected chi connectivity index (χ4v) is 2.44. The first-order chi connectivity index (χ1) is 11.0. The summed E-state index contributed by atoms with van der Waals surface area (Å²) in [5.41, 5.74) is 2.38. The second-order valence-corrected chi connectivity index (χ2v) is 5.14. The van der Waals surface area contributed by atoms with E-state index in [1.165, 1.54) is 31.4 Å². The number of aryl methyl sites for hydroxylation is 1. The van der Waals surface area contributed by atoms with Crippen LogP contribution in [-0.2, 0) is 6.42 Å². The summed E-state index contributed by atoms with van der Waals surface area (Å²) in [5, 5.41) is 19.8. The Hall–Kier alpha value is -2.75. The molecular formula is C19H20O4. The van der Waals surface area contributed by atoms with Crippen molar-refractivity contribution in [3.8, 4) is 17.2 Å². The maximum absolute atomic E-state index is 12.8. The number of methoxy groups -OCH3 is 1. The predicted molar refractivity (Wildman–Crippen MR) is 90.3 cm³/mol. The highest BCUT2D eigenvalue weighted by atomic mass is 16.5. The number of phenols is 2. The van der Waals surface area contributed by atoms with Crippen LogP contribution in [-0.4, -0.2) is 23.1 Å². The molecule has 0 saturated carbocycles. The Morgan fingerprint density at radius 2 is 1.91 bits per heavy atom. The van der Waals surface area contributed by atoms with Crippen LogP contribution in [0.25, 0.3) is 6.08 Å². The van der Waals surface area contributed by atoms with E-state index in [9.17, 15) is 15.0 Å². The number of ketones is 1. The number of ether oxygens (including phenoxy) is 1. The van der Waals surface area contributed by atoms with Crippen LogP contribution in [0.5, 0.6) is 17.2 Å². The summed E-state index contributed by atoms with van der Waals surface area (Å²) < 4.78 is 5.04. The number of allylic oxidation sites excluding steroid dienone is 1. The molecule has 0 atom stereocenters. The van der Waals surface area contributed by atoms with Gasteiger partial charge >= 0.3 is 0 Å². The first-order valence-electron chi connectivity index (χ1n) is 7.42. The Bertz CT molecular complexity index is 760. The maximum atomic E-state index is 12.8. The van der Waals surface area contributed by atoms with E-state index in [4.69, 9.17) is 4.74 Å². The van der Waals surface area contributed by atoms with Crippen molar-refractivity contribution in [3.05, 3.63) is 58.7 Å². The summed E-state index contributed by atoms with van der Waals surface area (Å²) >= 11 is 0. The molecule has 2 aromatic rings. The van der Waals surface area contributed by atoms with Crippen LogP contribution in [0.4, 0.5) is 0 Å². The second kappa shape index (κ2) is 7.01. The number of hydrogen-bond donors (Lipinski definition) is 2. The molecule has 2 N–H and O–H groups in total. The molecule has 0 unspecified atom stereocenters. The average Bonchev–Trinajstić information content (AvgIpc) is 2.56. The van der Waals surface area contributed by atoms with Gasteiger partial charge in [-0.05, 0) is 49.2 Å². The topological polar surface area (TPSA) is 66.8 Å². The minimum Gasteiger partial charge on any atom is -0.507 e. The molecule has 0 spiro atoms. The Morgan fingerprint density at radius 1 is 1.17 bits per heavy atom. The summed E-state index contributed by atoms with van der Waals surface area (Å²) in [4.78, 5) is 12.8. The van der Waals surface area contributed by atoms with Gasteiger partial charge in [0.15, 0.2) is 17.3 Å². The van der Waals surface area contributed by atoms with Gasteiger partial charge < -0.3 is 14.9 Å². The van der Waals surface area contributed by atoms with Crippen molar-refractivity contribution >= 4 is 11.9 Å². The number of aromatic hydroxyl groups is 2. The third kappa shape index (κ3) is 3.37. The Kier molecular flexibility index (Phi) is 5.06. The molecule has 2 aromatic carbocycles. The number of carbonyl (C=O) groups is 1. The van der Waals surface area contributed by atoms with Crippen LogP contribution >= 0.6 is 0 Å². The Labute approximate surface area is 135 Å². The second-order valence-electron chi connectivity index (χ2n) is 5.14. The molecule has 0 amide bonds. The average molecular weight is 312 g/mol. The maximum Gasteiger partial charge on any atom is 0.193 e. The molecule has 0 aliphatic heterocycles. The van der Waals surface area contributed by atoms with Crippen molar-refractivity contribution in [2.45, 2.75) is 20.3 Å². The van der Waals surface area contributed by atoms with E-state index >= 15 is 0 Å². The molecule has 0 radical (unpaired) electrons. The van der Waals surface area contributed by atoms with Crippen LogP contribution in [0, 0.1) is 0 Å². The molecule has 0 heterocycles. The standard InChI is InChI=1S/C19H20O4/c1-4-6-13-9-12(5-2)15(11-17(13)21)19(22)14-7-8-16(20)18(10-14)23-3/h4,6-11,20-21H,5H2,1-3H3/b6-4+. The van der Waals surface area contributed by atoms with Crippen molar-refractivity contribution in [2.75, 3.05) is 7.11 Å². The number of hydrogen-bond acceptors (Lipinski definition) is 4. The predicted octanol–water partition coefficient (Wildman–Crippen LogP) is 3.93. The minimum atomic E-state index is -0.220. The van der Waals surface area contributed by atoms with Gasteiger partial charge in [-0.2, -0.15) is 0 Å². The number of phenolic OH excluding ortho intramolecular Hbond substituents is 2. The summed E-state index contributed by atoms with van der Waals surface area (Å²) in [5.74, 6) is 0.0616. The lowest BCUT2D eigenvalue weighted by molar-refractivity contribution is 0.103. The molecular weight excluding hydrogens is 292 g/mol. The normalized spacial score (nSPS) is 10.9. The van der Waals surface area contributed by atoms with E-state index in [-0.39, 0.29) is 23.0 Å². The molecule has 0 aliphatic rings. The first-order valence-corrected chi connectivity index (χ1v) is 7.42. The van der Waals surface area contributed by atoms with Crippen molar-refractivity contribution in [1.29, 1.82) is 0 Å². The summed E-state index contributed by atoms with van der Waals surface area (Å²) in [6.07, 6.45) is 4.30. The molecule has 4 heteroatoms. The molecule has 120 valence electrons. The molecule has 4 nitrogen and oxygen atoms in total. The van der Waals surface area contributed by atoms with E-state index in [1.54, 1.807) is 6.08 Å². The van der Waals surface area contributed by atoms with Crippen LogP contribution in [0.2, 0.25) is 0 Å². The van der Waals surface area contributed by atoms with E-state index in [2.05, 4.69) is 0 Å². The van der Waals surface area contributed by atoms with Crippen molar-refractivity contribution < 1.29 is 19.7 Å². The highest BCUT2D eigenvalue weighted by molar-refractivity contribution is 6.10. The van der Waals surface area contributed by atoms with Gasteiger partial charge in [-0.15, -0.1) is 0 Å². The largest absolute Gasteiger partial charge is 0.507 e. The van der Waals surface area contributed by atoms with E-state index in [0.29, 0.717) is 23.1 Å². The number of carbonyl (C=O) groups excluding carboxylic acids is 1. The lowest BCUT2D eigenvalue weighted by Gasteiger charge is -2.11. The van der Waals surface area contributed by atoms with Gasteiger partial charge in [0, 0.05) is 16.7 Å². The molecule has 0 fully saturated rings. The zero-order valence-corrected chi connectivity index (χ0v) is 13.5. The van der Waals surface area contributed by atoms with Crippen molar-refractivity contribution in [3.63, 3.8) is 0 Å². The molecule has 0 saturated heterocycles. The van der Waals surface area contributed by atoms with Gasteiger partial charge in [0.2, 0.25) is 0 Å². The lowest BCUT2D eigenvalue weighted by Crippen LogP contribution is -2.06. The zero-order chi connectivity index (χ0) is 17.0. The quantitative estimate of drug-likeness (QED) is 0.821. The zero-order valence-electron chi connectivity index (χ0n) is 13.5. The molecule has 23 heavy (non-hydrogen) atoms. The Balaban J connectivity index is 2.52. The van der Waals surface area contributed by atoms with Gasteiger partial charge in [-0.1, -0.05) is 19.1 Å². The van der Waals surface area contributed by atoms with Crippen LogP contribution in [0.1, 0.15) is 40.9 Å². The molecule has 0 bridgehead atoms. The van der Waals surface area contributed by atoms with E-state index in [1.807, 2.05) is 26.0 Å². The fourth-order valence-electron chi connectivity index (χ4n) is 2.44. The van der Waals surface area contributed by atoms with E-state index in [0.717, 1.165) is 5.56 Å². The van der Waals surface area contributed by atoms with Crippen molar-refractivity contribution in [2.24, 2.45) is 0 Å². The highest BCUT2D eigenvalue weighted by Crippen LogP contribution is 2.30. The van der Waals surface area contributed by atoms with Crippen LogP contribution < -0.4 is 4.74 Å². The lowest BCUT2D eigenvalue weighted by atomic mass is 9.94. The molecule has 0 aromatic heterocycles. The third-order valence-corrected chi connectivity index (χ3v) is 3.67. The van der Waals surface area contributed by atoms with Gasteiger partial charge in [0.25, 0.3) is 0 Å². The summed E-state index contributed by atoms with van der Waals surface area (Å²) in [7, 11) is 1.43. The molecule has 2 rings (SSSR count). The van der Waals surface area contributed by atoms with Gasteiger partial charge in [0.05, 0.1) is 7.11 Å². The smallest absolute Gasteiger partial charge is 0.193 e. The SMILES string of the molecule is C/C=C/c1cc(CC)c(C(=O)c2ccc(O)c(OC)c2)cc1O. The van der Waals surface area contributed by atoms with Crippen molar-refractivity contribution in [1.82, 2.24) is 0 Å². The third-order valence-electron chi connectivity index (χ3n) is 3.67. The monoisotopic (exact) mass is 312 g/mol. The van der Waals surface area contributed by atoms with Gasteiger partial charge in [0.1, 0.15) is 5.75 Å². The number of rotatable bonds is 5. The van der Waals surface area contributed by atoms with Crippen LogP contribution in [0.3, 0.4) is 0 Å². The fraction of sp³-hybridized carbons (Fsp3) is 0.211. The minimum absolute atomic E-state index is 0.0222. The van der Waals surface area contributed by atoms with E-state index < -0.39 is 0 Å². The van der Waals surface area contributed by atoms with Gasteiger partial charge in [-0.3, -0.25) is 4.79 Å². The summed E-state index contributed by atoms with van der Waals surface area (Å²) in [6.45, 7) is 3.83. The number of benzene rings is 2. The Morgan fingerprint density at radius 3 is 2.52 bits per heavy atom. The summed E-state index contributed by atoms with van der Waals surface area (Å²) in [6, 6.07) is 7.77. The first kappa shape index (κ1) is 16.6. The molecule has 0 aliphatic carbocycles. The highest BCUT2D eigenvalue weighted by Gasteiger charge is 2.17.